The molecule has 0 fully saturated rings. The van der Waals surface area contributed by atoms with Crippen molar-refractivity contribution in [2.24, 2.45) is 5.92 Å². The lowest BCUT2D eigenvalue weighted by Gasteiger charge is -2.12. The first kappa shape index (κ1) is 9.26. The van der Waals surface area contributed by atoms with Crippen molar-refractivity contribution in [2.45, 2.75) is 0 Å². The van der Waals surface area contributed by atoms with Gasteiger partial charge in [0.05, 0.1) is 7.11 Å². The molecule has 0 aromatic carbocycles. The highest BCUT2D eigenvalue weighted by atomic mass is 79.9. The summed E-state index contributed by atoms with van der Waals surface area (Å²) in [6.45, 7) is 0. The molecule has 3 heteroatoms. The van der Waals surface area contributed by atoms with Crippen molar-refractivity contribution in [1.82, 2.24) is 0 Å². The van der Waals surface area contributed by atoms with Crippen LogP contribution in [0.15, 0.2) is 34.9 Å². The van der Waals surface area contributed by atoms with Gasteiger partial charge in [0, 0.05) is 0 Å². The van der Waals surface area contributed by atoms with E-state index in [9.17, 15) is 4.79 Å². The van der Waals surface area contributed by atoms with Crippen LogP contribution in [0.2, 0.25) is 0 Å². The van der Waals surface area contributed by atoms with Crippen molar-refractivity contribution in [3.63, 3.8) is 0 Å². The summed E-state index contributed by atoms with van der Waals surface area (Å²) in [5.41, 5.74) is 0.907. The van der Waals surface area contributed by atoms with Crippen LogP contribution in [0.25, 0.3) is 0 Å². The van der Waals surface area contributed by atoms with Gasteiger partial charge in [-0.15, -0.1) is 0 Å². The molecule has 2 nitrogen and oxygen atoms in total. The van der Waals surface area contributed by atoms with Crippen LogP contribution in [0, 0.1) is 5.92 Å². The van der Waals surface area contributed by atoms with Gasteiger partial charge in [0.1, 0.15) is 5.92 Å². The molecule has 1 unspecified atom stereocenters. The average Bonchev–Trinajstić information content (AvgIpc) is 2.16. The fourth-order valence-corrected chi connectivity index (χ4v) is 1.44. The first-order valence-electron chi connectivity index (χ1n) is 3.52. The van der Waals surface area contributed by atoms with Crippen LogP contribution in [0.1, 0.15) is 0 Å². The summed E-state index contributed by atoms with van der Waals surface area (Å²) in [6, 6.07) is 0. The van der Waals surface area contributed by atoms with Crippen molar-refractivity contribution in [3.8, 4) is 0 Å². The third kappa shape index (κ3) is 1.85. The predicted molar refractivity (Wildman–Crippen MR) is 50.8 cm³/mol. The number of carbonyl (C=O) groups excluding carboxylic acids is 1. The first-order valence-corrected chi connectivity index (χ1v) is 4.44. The van der Waals surface area contributed by atoms with Gasteiger partial charge in [-0.25, -0.2) is 0 Å². The minimum Gasteiger partial charge on any atom is -0.468 e. The van der Waals surface area contributed by atoms with Crippen LogP contribution >= 0.6 is 15.9 Å². The van der Waals surface area contributed by atoms with E-state index in [2.05, 4.69) is 20.7 Å². The number of esters is 1. The second-order valence-electron chi connectivity index (χ2n) is 2.35. The zero-order valence-corrected chi connectivity index (χ0v) is 8.24. The Labute approximate surface area is 79.7 Å². The number of ether oxygens (including phenoxy) is 1. The van der Waals surface area contributed by atoms with Crippen LogP contribution in [-0.4, -0.2) is 13.1 Å². The van der Waals surface area contributed by atoms with Gasteiger partial charge in [0.15, 0.2) is 0 Å². The van der Waals surface area contributed by atoms with Gasteiger partial charge in [-0.1, -0.05) is 40.2 Å². The van der Waals surface area contributed by atoms with Gasteiger partial charge < -0.3 is 4.74 Å². The molecule has 0 heterocycles. The normalized spacial score (nSPS) is 24.5. The Bertz CT molecular complexity index is 264. The molecule has 0 saturated carbocycles. The Kier molecular flexibility index (Phi) is 3.29. The fourth-order valence-electron chi connectivity index (χ4n) is 1.00. The number of halogens is 1. The molecule has 0 radical (unpaired) electrons. The quantitative estimate of drug-likeness (QED) is 0.644. The molecule has 0 aromatic rings. The number of methoxy groups -OCH3 is 1. The van der Waals surface area contributed by atoms with Crippen molar-refractivity contribution in [2.75, 3.05) is 7.11 Å². The molecule has 1 atom stereocenters. The summed E-state index contributed by atoms with van der Waals surface area (Å²) in [7, 11) is 1.39. The fraction of sp³-hybridized carbons (Fsp3) is 0.222. The molecule has 12 heavy (non-hydrogen) atoms. The van der Waals surface area contributed by atoms with Gasteiger partial charge in [-0.2, -0.15) is 0 Å². The lowest BCUT2D eigenvalue weighted by Crippen LogP contribution is -2.16. The van der Waals surface area contributed by atoms with Gasteiger partial charge in [0.25, 0.3) is 0 Å². The highest BCUT2D eigenvalue weighted by molar-refractivity contribution is 9.11. The van der Waals surface area contributed by atoms with Gasteiger partial charge in [-0.3, -0.25) is 4.79 Å². The highest BCUT2D eigenvalue weighted by Crippen LogP contribution is 2.20. The standard InChI is InChI=1S/C9H9BrO2/c1-12-9(11)8-5-3-2-4-7(8)6-10/h2-6,8H,1H3. The number of allylic oxidation sites excluding steroid dienone is 3. The second-order valence-corrected chi connectivity index (χ2v) is 2.81. The lowest BCUT2D eigenvalue weighted by atomic mass is 9.96. The van der Waals surface area contributed by atoms with E-state index in [1.54, 1.807) is 11.1 Å². The maximum Gasteiger partial charge on any atom is 0.317 e. The summed E-state index contributed by atoms with van der Waals surface area (Å²) in [6.07, 6.45) is 7.39. The van der Waals surface area contributed by atoms with E-state index in [0.717, 1.165) is 5.57 Å². The minimum absolute atomic E-state index is 0.235. The van der Waals surface area contributed by atoms with E-state index in [1.807, 2.05) is 18.2 Å². The van der Waals surface area contributed by atoms with Gasteiger partial charge in [0.2, 0.25) is 0 Å². The summed E-state index contributed by atoms with van der Waals surface area (Å²) in [4.78, 5) is 12.9. The van der Waals surface area contributed by atoms with E-state index in [1.165, 1.54) is 7.11 Å². The molecular formula is C9H9BrO2. The molecule has 1 aliphatic rings. The van der Waals surface area contributed by atoms with Crippen molar-refractivity contribution >= 4 is 21.9 Å². The third-order valence-corrected chi connectivity index (χ3v) is 2.17. The Balaban J connectivity index is 2.83. The van der Waals surface area contributed by atoms with Crippen LogP contribution in [0.4, 0.5) is 0 Å². The molecule has 0 spiro atoms. The minimum atomic E-state index is -0.264. The predicted octanol–water partition coefficient (Wildman–Crippen LogP) is 2.18. The molecule has 64 valence electrons. The third-order valence-electron chi connectivity index (χ3n) is 1.64. The molecule has 0 saturated heterocycles. The first-order chi connectivity index (χ1) is 5.79. The van der Waals surface area contributed by atoms with Crippen molar-refractivity contribution in [1.29, 1.82) is 0 Å². The molecule has 0 bridgehead atoms. The van der Waals surface area contributed by atoms with Gasteiger partial charge in [-0.05, 0) is 10.6 Å². The number of hydrogen-bond acceptors (Lipinski definition) is 2. The summed E-state index contributed by atoms with van der Waals surface area (Å²) >= 11 is 3.19. The maximum absolute atomic E-state index is 11.2. The number of hydrogen-bond donors (Lipinski definition) is 0. The zero-order chi connectivity index (χ0) is 8.97. The van der Waals surface area contributed by atoms with Crippen molar-refractivity contribution < 1.29 is 9.53 Å². The second kappa shape index (κ2) is 4.26. The van der Waals surface area contributed by atoms with E-state index in [4.69, 9.17) is 0 Å². The lowest BCUT2D eigenvalue weighted by molar-refractivity contribution is -0.142. The smallest absolute Gasteiger partial charge is 0.317 e. The molecule has 1 aliphatic carbocycles. The number of rotatable bonds is 1. The van der Waals surface area contributed by atoms with Crippen LogP contribution in [0.3, 0.4) is 0 Å². The molecular weight excluding hydrogens is 220 g/mol. The number of carbonyl (C=O) groups is 1. The van der Waals surface area contributed by atoms with E-state index in [0.29, 0.717) is 0 Å². The largest absolute Gasteiger partial charge is 0.468 e. The summed E-state index contributed by atoms with van der Waals surface area (Å²) in [5, 5.41) is 0. The summed E-state index contributed by atoms with van der Waals surface area (Å²) < 4.78 is 4.64. The van der Waals surface area contributed by atoms with Crippen LogP contribution < -0.4 is 0 Å². The topological polar surface area (TPSA) is 26.3 Å². The van der Waals surface area contributed by atoms with Crippen LogP contribution in [0.5, 0.6) is 0 Å². The average molecular weight is 229 g/mol. The Morgan fingerprint density at radius 2 is 2.42 bits per heavy atom. The van der Waals surface area contributed by atoms with Crippen LogP contribution in [-0.2, 0) is 9.53 Å². The van der Waals surface area contributed by atoms with E-state index < -0.39 is 0 Å². The van der Waals surface area contributed by atoms with Gasteiger partial charge >= 0.3 is 5.97 Å². The Hall–Kier alpha value is -0.830. The molecule has 0 N–H and O–H groups in total. The van der Waals surface area contributed by atoms with E-state index in [-0.39, 0.29) is 11.9 Å². The van der Waals surface area contributed by atoms with Crippen molar-refractivity contribution in [3.05, 3.63) is 34.9 Å². The Morgan fingerprint density at radius 1 is 1.67 bits per heavy atom. The maximum atomic E-state index is 11.2. The molecule has 0 amide bonds. The molecule has 0 aromatic heterocycles. The zero-order valence-electron chi connectivity index (χ0n) is 6.66. The molecule has 0 aliphatic heterocycles. The van der Waals surface area contributed by atoms with E-state index >= 15 is 0 Å². The highest BCUT2D eigenvalue weighted by Gasteiger charge is 2.19. The SMILES string of the molecule is COC(=O)C1C=CC=CC1=CBr. The molecule has 1 rings (SSSR count). The summed E-state index contributed by atoms with van der Waals surface area (Å²) in [5.74, 6) is -0.499. The Morgan fingerprint density at radius 3 is 3.00 bits per heavy atom. The monoisotopic (exact) mass is 228 g/mol.